The number of rotatable bonds is 40. The van der Waals surface area contributed by atoms with Crippen molar-refractivity contribution in [3.05, 3.63) is 0 Å². The Hall–Kier alpha value is 1.48. The number of hydrogen-bond acceptors (Lipinski definition) is 3. The van der Waals surface area contributed by atoms with Crippen molar-refractivity contribution in [2.45, 2.75) is 253 Å². The van der Waals surface area contributed by atoms with Crippen LogP contribution in [0.1, 0.15) is 235 Å². The van der Waals surface area contributed by atoms with Crippen LogP contribution in [0.25, 0.3) is 0 Å². The molecule has 3 nitrogen and oxygen atoms in total. The van der Waals surface area contributed by atoms with E-state index in [2.05, 4.69) is 55.4 Å². The molecule has 0 aromatic heterocycles. The van der Waals surface area contributed by atoms with Gasteiger partial charge in [0, 0.05) is 0 Å². The molecule has 49 heavy (non-hydrogen) atoms. The van der Waals surface area contributed by atoms with E-state index in [1.807, 2.05) is 0 Å². The molecule has 0 aliphatic rings. The van der Waals surface area contributed by atoms with E-state index in [0.717, 1.165) is 17.7 Å². The zero-order chi connectivity index (χ0) is 36.3. The van der Waals surface area contributed by atoms with Crippen molar-refractivity contribution in [2.24, 2.45) is 11.8 Å². The first kappa shape index (κ1) is 50.5. The summed E-state index contributed by atoms with van der Waals surface area (Å²) in [5.74, 6) is 1.25. The Balaban J connectivity index is 6.53. The van der Waals surface area contributed by atoms with Crippen LogP contribution in [-0.2, 0) is 7.56 Å². The van der Waals surface area contributed by atoms with Gasteiger partial charge in [-0.2, -0.15) is 0 Å². The molecule has 0 atom stereocenters. The van der Waals surface area contributed by atoms with Gasteiger partial charge >= 0.3 is 324 Å². The van der Waals surface area contributed by atoms with Crippen LogP contribution in [0.5, 0.6) is 0 Å². The average Bonchev–Trinajstić information content (AvgIpc) is 3.11. The predicted octanol–water partition coefficient (Wildman–Crippen LogP) is 16.2. The van der Waals surface area contributed by atoms with Gasteiger partial charge in [0.15, 0.2) is 0 Å². The Bertz CT molecular complexity index is 595. The minimum absolute atomic E-state index is 0.626. The molecular weight excluding hydrogens is 814 g/mol. The molecule has 0 aliphatic heterocycles. The number of unbranched alkanes of at least 4 members (excludes halogenated alkanes) is 20. The molecule has 0 fully saturated rings. The summed E-state index contributed by atoms with van der Waals surface area (Å²) in [5.41, 5.74) is 0. The van der Waals surface area contributed by atoms with Gasteiger partial charge in [0.1, 0.15) is 0 Å². The third-order valence-corrected chi connectivity index (χ3v) is 45.0. The molecule has 0 amide bonds. The van der Waals surface area contributed by atoms with E-state index in [0.29, 0.717) is 11.8 Å². The maximum absolute atomic E-state index is 8.19. The van der Waals surface area contributed by atoms with E-state index in [1.165, 1.54) is 193 Å². The second-order valence-corrected chi connectivity index (χ2v) is 38.5. The van der Waals surface area contributed by atoms with E-state index in [-0.39, 0.29) is 0 Å². The zero-order valence-corrected chi connectivity index (χ0v) is 41.1. The van der Waals surface area contributed by atoms with Gasteiger partial charge in [0.05, 0.1) is 0 Å². The second-order valence-electron chi connectivity index (χ2n) is 16.0. The summed E-state index contributed by atoms with van der Waals surface area (Å²) < 4.78 is 28.4. The fraction of sp³-hybridized carbons (Fsp3) is 1.00. The molecule has 0 saturated heterocycles. The fourth-order valence-corrected chi connectivity index (χ4v) is 49.2. The van der Waals surface area contributed by atoms with Crippen molar-refractivity contribution in [3.63, 3.8) is 0 Å². The number of hydrogen-bond donors (Lipinski definition) is 0. The van der Waals surface area contributed by atoms with Crippen molar-refractivity contribution >= 4 is 38.4 Å². The molecule has 0 spiro atoms. The normalized spacial score (nSPS) is 12.6. The van der Waals surface area contributed by atoms with Gasteiger partial charge in [0.2, 0.25) is 0 Å². The van der Waals surface area contributed by atoms with Gasteiger partial charge in [-0.25, -0.2) is 0 Å². The zero-order valence-electron chi connectivity index (χ0n) is 35.4. The van der Waals surface area contributed by atoms with Gasteiger partial charge in [0.25, 0.3) is 0 Å². The Kier molecular flexibility index (Phi) is 37.6. The molecule has 0 unspecified atom stereocenters. The summed E-state index contributed by atoms with van der Waals surface area (Å²) in [4.78, 5) is 0. The minimum atomic E-state index is -3.87. The molecule has 0 saturated carbocycles. The van der Waals surface area contributed by atoms with Gasteiger partial charge in [-0.05, 0) is 0 Å². The third kappa shape index (κ3) is 27.7. The van der Waals surface area contributed by atoms with E-state index >= 15 is 0 Å². The standard InChI is InChI=1S/4C8H17.2C6H13O.O.2Sn/c4*1-3-5-7-8-6-4-2;2*1-3-6(4-2)5-7;;;/h4*1,3-8H2,2H3;2*6H,3-5H2,1-2H3;;;/q;;;;2*-1;;;+2. The first-order valence-corrected chi connectivity index (χ1v) is 35.6. The monoisotopic (exact) mass is 911 g/mol. The van der Waals surface area contributed by atoms with Crippen LogP contribution in [0.3, 0.4) is 0 Å². The predicted molar refractivity (Wildman–Crippen MR) is 225 cm³/mol. The Morgan fingerprint density at radius 3 is 0.878 bits per heavy atom. The first-order valence-electron chi connectivity index (χ1n) is 22.9. The summed E-state index contributed by atoms with van der Waals surface area (Å²) in [6, 6.07) is 0. The molecular formula is C44H94O3Sn2. The fourth-order valence-electron chi connectivity index (χ4n) is 7.50. The summed E-state index contributed by atoms with van der Waals surface area (Å²) in [6.45, 7) is 20.5. The molecule has 0 aromatic carbocycles. The van der Waals surface area contributed by atoms with Gasteiger partial charge < -0.3 is 0 Å². The molecule has 296 valence electrons. The van der Waals surface area contributed by atoms with Crippen molar-refractivity contribution in [3.8, 4) is 0 Å². The van der Waals surface area contributed by atoms with Crippen molar-refractivity contribution in [1.82, 2.24) is 0 Å². The van der Waals surface area contributed by atoms with Crippen LogP contribution in [0.4, 0.5) is 0 Å². The Labute approximate surface area is 321 Å². The molecule has 0 N–H and O–H groups in total. The van der Waals surface area contributed by atoms with Crippen LogP contribution in [0.2, 0.25) is 17.7 Å². The van der Waals surface area contributed by atoms with Crippen molar-refractivity contribution in [2.75, 3.05) is 13.2 Å². The Morgan fingerprint density at radius 1 is 0.327 bits per heavy atom. The second kappa shape index (κ2) is 36.5. The van der Waals surface area contributed by atoms with E-state index in [1.54, 1.807) is 0 Å². The van der Waals surface area contributed by atoms with Crippen molar-refractivity contribution in [1.29, 1.82) is 0 Å². The molecule has 0 aromatic rings. The van der Waals surface area contributed by atoms with Gasteiger partial charge in [-0.15, -0.1) is 0 Å². The molecule has 5 heteroatoms. The van der Waals surface area contributed by atoms with Crippen LogP contribution < -0.4 is 0 Å². The maximum atomic E-state index is 8.19. The molecule has 0 rings (SSSR count). The summed E-state index contributed by atoms with van der Waals surface area (Å²) >= 11 is -6.94. The van der Waals surface area contributed by atoms with Crippen LogP contribution in [-0.4, -0.2) is 51.6 Å². The summed E-state index contributed by atoms with van der Waals surface area (Å²) in [6.07, 6.45) is 37.8. The SMILES string of the molecule is CCCCCCC[CH2][Sn]([CH2]CCCCCCC)([CH2]CCCCCCC)[O][Sn]([CH2]CCCCCCC)([O]CC(CC)CC)[O]CC(CC)CC. The topological polar surface area (TPSA) is 27.7 Å². The Morgan fingerprint density at radius 2 is 0.592 bits per heavy atom. The van der Waals surface area contributed by atoms with Crippen LogP contribution in [0.15, 0.2) is 0 Å². The quantitative estimate of drug-likeness (QED) is 0.0453. The molecule has 0 heterocycles. The molecule has 0 bridgehead atoms. The van der Waals surface area contributed by atoms with Gasteiger partial charge in [-0.3, -0.25) is 0 Å². The van der Waals surface area contributed by atoms with E-state index in [4.69, 9.17) is 7.56 Å². The third-order valence-electron chi connectivity index (χ3n) is 11.6. The van der Waals surface area contributed by atoms with Crippen LogP contribution in [0, 0.1) is 11.8 Å². The van der Waals surface area contributed by atoms with E-state index < -0.39 is 38.4 Å². The van der Waals surface area contributed by atoms with E-state index in [9.17, 15) is 0 Å². The molecule has 0 radical (unpaired) electrons. The average molecular weight is 909 g/mol. The van der Waals surface area contributed by atoms with Crippen molar-refractivity contribution < 1.29 is 7.56 Å². The molecule has 0 aliphatic carbocycles. The van der Waals surface area contributed by atoms with Gasteiger partial charge in [-0.1, -0.05) is 0 Å². The van der Waals surface area contributed by atoms with Crippen LogP contribution >= 0.6 is 0 Å². The first-order chi connectivity index (χ1) is 23.9. The summed E-state index contributed by atoms with van der Waals surface area (Å²) in [7, 11) is 0. The summed E-state index contributed by atoms with van der Waals surface area (Å²) in [5, 5.41) is 0.